The van der Waals surface area contributed by atoms with Gasteiger partial charge in [0.15, 0.2) is 6.10 Å². The number of carbonyl (C=O) groups is 3. The molecule has 0 aliphatic heterocycles. The predicted molar refractivity (Wildman–Crippen MR) is 316 cm³/mol. The highest BCUT2D eigenvalue weighted by molar-refractivity contribution is 5.71. The second-order valence-electron chi connectivity index (χ2n) is 20.9. The maximum Gasteiger partial charge on any atom is 0.306 e. The lowest BCUT2D eigenvalue weighted by molar-refractivity contribution is -0.167. The Morgan fingerprint density at radius 1 is 0.288 bits per heavy atom. The molecule has 0 spiro atoms. The number of unbranched alkanes of at least 4 members (excludes halogenated alkanes) is 34. The summed E-state index contributed by atoms with van der Waals surface area (Å²) in [6, 6.07) is 0. The Bertz CT molecular complexity index is 1360. The van der Waals surface area contributed by atoms with Gasteiger partial charge in [0.25, 0.3) is 0 Å². The van der Waals surface area contributed by atoms with Crippen molar-refractivity contribution in [3.63, 3.8) is 0 Å². The van der Waals surface area contributed by atoms with Gasteiger partial charge in [-0.15, -0.1) is 0 Å². The number of carbonyl (C=O) groups excluding carboxylic acids is 3. The molecule has 0 aromatic carbocycles. The van der Waals surface area contributed by atoms with Crippen LogP contribution in [0.25, 0.3) is 0 Å². The average Bonchev–Trinajstić information content (AvgIpc) is 3.39. The molecule has 73 heavy (non-hydrogen) atoms. The van der Waals surface area contributed by atoms with Crippen molar-refractivity contribution in [3.8, 4) is 0 Å². The lowest BCUT2D eigenvalue weighted by Crippen LogP contribution is -2.30. The van der Waals surface area contributed by atoms with Crippen LogP contribution in [0.1, 0.15) is 316 Å². The van der Waals surface area contributed by atoms with Gasteiger partial charge in [0.2, 0.25) is 0 Å². The van der Waals surface area contributed by atoms with Crippen molar-refractivity contribution in [3.05, 3.63) is 72.9 Å². The Kier molecular flexibility index (Phi) is 58.7. The first kappa shape index (κ1) is 69.8. The van der Waals surface area contributed by atoms with Crippen molar-refractivity contribution in [2.24, 2.45) is 0 Å². The van der Waals surface area contributed by atoms with Crippen LogP contribution in [0.3, 0.4) is 0 Å². The largest absolute Gasteiger partial charge is 0.462 e. The molecule has 0 N–H and O–H groups in total. The van der Waals surface area contributed by atoms with E-state index in [0.29, 0.717) is 19.3 Å². The number of esters is 3. The normalized spacial score (nSPS) is 12.5. The Balaban J connectivity index is 4.17. The third-order valence-electron chi connectivity index (χ3n) is 13.7. The zero-order valence-corrected chi connectivity index (χ0v) is 48.4. The van der Waals surface area contributed by atoms with Crippen LogP contribution < -0.4 is 0 Å². The Labute approximate surface area is 453 Å². The number of ether oxygens (including phenoxy) is 3. The van der Waals surface area contributed by atoms with Crippen LogP contribution in [0, 0.1) is 0 Å². The minimum atomic E-state index is -0.779. The van der Waals surface area contributed by atoms with Crippen molar-refractivity contribution in [1.82, 2.24) is 0 Å². The second kappa shape index (κ2) is 61.4. The lowest BCUT2D eigenvalue weighted by Gasteiger charge is -2.18. The summed E-state index contributed by atoms with van der Waals surface area (Å²) in [5.74, 6) is -0.877. The van der Waals surface area contributed by atoms with Crippen molar-refractivity contribution in [1.29, 1.82) is 0 Å². The summed E-state index contributed by atoms with van der Waals surface area (Å²) in [7, 11) is 0. The van der Waals surface area contributed by atoms with Gasteiger partial charge in [-0.25, -0.2) is 0 Å². The van der Waals surface area contributed by atoms with E-state index in [-0.39, 0.29) is 31.1 Å². The summed E-state index contributed by atoms with van der Waals surface area (Å²) >= 11 is 0. The quantitative estimate of drug-likeness (QED) is 0.0261. The van der Waals surface area contributed by atoms with Gasteiger partial charge in [-0.05, 0) is 83.5 Å². The van der Waals surface area contributed by atoms with Gasteiger partial charge in [0.1, 0.15) is 13.2 Å². The number of hydrogen-bond acceptors (Lipinski definition) is 6. The summed E-state index contributed by atoms with van der Waals surface area (Å²) in [5.41, 5.74) is 0. The van der Waals surface area contributed by atoms with Crippen LogP contribution in [0.4, 0.5) is 0 Å². The molecular weight excluding hydrogens is 901 g/mol. The van der Waals surface area contributed by atoms with Crippen molar-refractivity contribution < 1.29 is 28.6 Å². The molecule has 0 saturated carbocycles. The van der Waals surface area contributed by atoms with Crippen molar-refractivity contribution in [2.75, 3.05) is 13.2 Å². The molecular formula is C67H118O6. The topological polar surface area (TPSA) is 78.9 Å². The summed E-state index contributed by atoms with van der Waals surface area (Å²) in [5, 5.41) is 0. The highest BCUT2D eigenvalue weighted by Crippen LogP contribution is 2.17. The molecule has 6 nitrogen and oxygen atoms in total. The number of rotatable bonds is 57. The monoisotopic (exact) mass is 1020 g/mol. The van der Waals surface area contributed by atoms with Crippen LogP contribution in [-0.4, -0.2) is 37.2 Å². The molecule has 0 aliphatic carbocycles. The van der Waals surface area contributed by atoms with Crippen LogP contribution in [0.2, 0.25) is 0 Å². The van der Waals surface area contributed by atoms with E-state index < -0.39 is 6.10 Å². The van der Waals surface area contributed by atoms with Crippen LogP contribution in [-0.2, 0) is 28.6 Å². The maximum atomic E-state index is 12.8. The van der Waals surface area contributed by atoms with E-state index in [2.05, 4.69) is 93.7 Å². The summed E-state index contributed by atoms with van der Waals surface area (Å²) in [4.78, 5) is 38.2. The first-order valence-corrected chi connectivity index (χ1v) is 31.4. The van der Waals surface area contributed by atoms with Crippen molar-refractivity contribution in [2.45, 2.75) is 322 Å². The van der Waals surface area contributed by atoms with E-state index in [1.165, 1.54) is 161 Å². The summed E-state index contributed by atoms with van der Waals surface area (Å²) in [6.45, 7) is 6.48. The molecule has 0 rings (SSSR count). The SMILES string of the molecule is CC/C=C\C/C=C\C/C=C\C/C=C\CCCCCCCCCCCCCCCCCCC(=O)OCC(COC(=O)CCCCCCCCCCCCCCC)OC(=O)CCCCCCC/C=C\C/C=C\CCC. The van der Waals surface area contributed by atoms with Crippen molar-refractivity contribution >= 4 is 17.9 Å². The first-order valence-electron chi connectivity index (χ1n) is 31.4. The predicted octanol–water partition coefficient (Wildman–Crippen LogP) is 21.3. The first-order chi connectivity index (χ1) is 36.0. The molecule has 0 saturated heterocycles. The third-order valence-corrected chi connectivity index (χ3v) is 13.7. The number of allylic oxidation sites excluding steroid dienone is 12. The van der Waals surface area contributed by atoms with E-state index >= 15 is 0 Å². The minimum Gasteiger partial charge on any atom is -0.462 e. The van der Waals surface area contributed by atoms with Gasteiger partial charge in [0, 0.05) is 19.3 Å². The van der Waals surface area contributed by atoms with Gasteiger partial charge >= 0.3 is 17.9 Å². The third kappa shape index (κ3) is 59.6. The van der Waals surface area contributed by atoms with E-state index in [9.17, 15) is 14.4 Å². The van der Waals surface area contributed by atoms with Crippen LogP contribution in [0.15, 0.2) is 72.9 Å². The van der Waals surface area contributed by atoms with E-state index in [1.807, 2.05) is 0 Å². The van der Waals surface area contributed by atoms with Crippen LogP contribution >= 0.6 is 0 Å². The fourth-order valence-electron chi connectivity index (χ4n) is 9.00. The molecule has 1 unspecified atom stereocenters. The molecule has 0 fully saturated rings. The summed E-state index contributed by atoms with van der Waals surface area (Å²) < 4.78 is 16.9. The van der Waals surface area contributed by atoms with Crippen LogP contribution in [0.5, 0.6) is 0 Å². The van der Waals surface area contributed by atoms with Gasteiger partial charge < -0.3 is 14.2 Å². The van der Waals surface area contributed by atoms with Gasteiger partial charge in [0.05, 0.1) is 0 Å². The Morgan fingerprint density at radius 2 is 0.562 bits per heavy atom. The highest BCUT2D eigenvalue weighted by atomic mass is 16.6. The zero-order valence-electron chi connectivity index (χ0n) is 48.4. The Hall–Kier alpha value is -3.15. The van der Waals surface area contributed by atoms with Gasteiger partial charge in [-0.2, -0.15) is 0 Å². The molecule has 0 aromatic heterocycles. The second-order valence-corrected chi connectivity index (χ2v) is 20.9. The molecule has 0 aromatic rings. The highest BCUT2D eigenvalue weighted by Gasteiger charge is 2.19. The molecule has 0 amide bonds. The smallest absolute Gasteiger partial charge is 0.306 e. The molecule has 0 aliphatic rings. The van der Waals surface area contributed by atoms with E-state index in [1.54, 1.807) is 0 Å². The minimum absolute atomic E-state index is 0.0766. The molecule has 422 valence electrons. The fourth-order valence-corrected chi connectivity index (χ4v) is 9.00. The average molecular weight is 1020 g/mol. The standard InChI is InChI=1S/C67H118O6/c1-4-7-10-13-16-19-22-25-26-27-28-29-30-31-32-33-34-35-36-37-38-39-40-43-45-48-51-54-57-60-66(69)72-63-64(73-67(70)61-58-55-52-49-46-42-24-21-18-15-12-9-6-3)62-71-65(68)59-56-53-50-47-44-41-23-20-17-14-11-8-5-2/h7,10,12,15-16,19,21,24-26,28-29,64H,4-6,8-9,11,13-14,17-18,20,22-23,27,30-63H2,1-3H3/b10-7-,15-12-,19-16-,24-21-,26-25-,29-28-. The van der Waals surface area contributed by atoms with Gasteiger partial charge in [-0.3, -0.25) is 14.4 Å². The molecule has 1 atom stereocenters. The fraction of sp³-hybridized carbons (Fsp3) is 0.776. The molecule has 0 bridgehead atoms. The molecule has 0 radical (unpaired) electrons. The van der Waals surface area contributed by atoms with E-state index in [0.717, 1.165) is 116 Å². The lowest BCUT2D eigenvalue weighted by atomic mass is 10.0. The molecule has 6 heteroatoms. The summed E-state index contributed by atoms with van der Waals surface area (Å²) in [6.07, 6.45) is 79.2. The van der Waals surface area contributed by atoms with E-state index in [4.69, 9.17) is 14.2 Å². The van der Waals surface area contributed by atoms with Gasteiger partial charge in [-0.1, -0.05) is 286 Å². The Morgan fingerprint density at radius 3 is 0.890 bits per heavy atom. The zero-order chi connectivity index (χ0) is 52.9. The maximum absolute atomic E-state index is 12.8. The molecule has 0 heterocycles. The number of hydrogen-bond donors (Lipinski definition) is 0.